The molecule has 8 nitrogen and oxygen atoms in total. The van der Waals surface area contributed by atoms with E-state index in [2.05, 4.69) is 31.8 Å². The fourth-order valence-corrected chi connectivity index (χ4v) is 1.62. The van der Waals surface area contributed by atoms with E-state index in [1.807, 2.05) is 19.9 Å². The first-order chi connectivity index (χ1) is 10.2. The van der Waals surface area contributed by atoms with Crippen molar-refractivity contribution in [3.63, 3.8) is 0 Å². The van der Waals surface area contributed by atoms with Gasteiger partial charge in [-0.25, -0.2) is 5.84 Å². The molecular weight excluding hydrogens is 270 g/mol. The van der Waals surface area contributed by atoms with Gasteiger partial charge in [0.15, 0.2) is 0 Å². The molecule has 0 bridgehead atoms. The highest BCUT2D eigenvalue weighted by Gasteiger charge is 2.08. The summed E-state index contributed by atoms with van der Waals surface area (Å²) < 4.78 is 5.25. The summed E-state index contributed by atoms with van der Waals surface area (Å²) in [4.78, 5) is 12.2. The predicted molar refractivity (Wildman–Crippen MR) is 78.0 cm³/mol. The molecule has 0 aliphatic rings. The van der Waals surface area contributed by atoms with Crippen LogP contribution in [0.2, 0.25) is 0 Å². The Kier molecular flexibility index (Phi) is 4.48. The van der Waals surface area contributed by atoms with Gasteiger partial charge in [0.1, 0.15) is 0 Å². The van der Waals surface area contributed by atoms with Gasteiger partial charge in [-0.2, -0.15) is 20.2 Å². The number of benzene rings is 1. The molecule has 0 amide bonds. The van der Waals surface area contributed by atoms with Crippen LogP contribution in [0.15, 0.2) is 18.2 Å². The Morgan fingerprint density at radius 3 is 2.71 bits per heavy atom. The quantitative estimate of drug-likeness (QED) is 0.557. The minimum Gasteiger partial charge on any atom is -0.464 e. The Labute approximate surface area is 122 Å². The van der Waals surface area contributed by atoms with Crippen molar-refractivity contribution in [3.05, 3.63) is 29.3 Å². The molecule has 1 aromatic heterocycles. The van der Waals surface area contributed by atoms with Crippen LogP contribution in [0.1, 0.15) is 18.1 Å². The van der Waals surface area contributed by atoms with Crippen LogP contribution in [0, 0.1) is 18.3 Å². The van der Waals surface area contributed by atoms with Gasteiger partial charge in [0.05, 0.1) is 18.2 Å². The van der Waals surface area contributed by atoms with Gasteiger partial charge in [-0.15, -0.1) is 0 Å². The van der Waals surface area contributed by atoms with Crippen molar-refractivity contribution in [1.29, 1.82) is 5.26 Å². The van der Waals surface area contributed by atoms with Gasteiger partial charge in [-0.05, 0) is 31.5 Å². The second-order valence-corrected chi connectivity index (χ2v) is 4.11. The van der Waals surface area contributed by atoms with Crippen LogP contribution in [0.3, 0.4) is 0 Å². The predicted octanol–water partition coefficient (Wildman–Crippen LogP) is 1.48. The minimum absolute atomic E-state index is 0.164. The maximum atomic E-state index is 8.95. The van der Waals surface area contributed by atoms with E-state index in [0.717, 1.165) is 11.3 Å². The standard InChI is InChI=1S/C13H15N7O/c1-3-21-13-18-11(17-12(19-13)20-15)16-10-6-9(7-14)5-4-8(10)2/h4-6H,3,15H2,1-2H3,(H2,16,17,18,19,20). The Balaban J connectivity index is 2.34. The van der Waals surface area contributed by atoms with E-state index in [1.165, 1.54) is 0 Å². The van der Waals surface area contributed by atoms with Crippen LogP contribution >= 0.6 is 0 Å². The molecule has 2 rings (SSSR count). The number of rotatable bonds is 5. The third-order valence-electron chi connectivity index (χ3n) is 2.63. The molecule has 0 unspecified atom stereocenters. The molecule has 0 saturated carbocycles. The fourth-order valence-electron chi connectivity index (χ4n) is 1.62. The SMILES string of the molecule is CCOc1nc(NN)nc(Nc2cc(C#N)ccc2C)n1. The molecule has 0 fully saturated rings. The van der Waals surface area contributed by atoms with E-state index >= 15 is 0 Å². The fraction of sp³-hybridized carbons (Fsp3) is 0.231. The van der Waals surface area contributed by atoms with Crippen LogP contribution < -0.4 is 21.3 Å². The number of anilines is 3. The zero-order chi connectivity index (χ0) is 15.2. The van der Waals surface area contributed by atoms with Gasteiger partial charge in [-0.1, -0.05) is 6.07 Å². The van der Waals surface area contributed by atoms with Crippen LogP contribution in [0.25, 0.3) is 0 Å². The lowest BCUT2D eigenvalue weighted by molar-refractivity contribution is 0.312. The first-order valence-corrected chi connectivity index (χ1v) is 6.29. The van der Waals surface area contributed by atoms with Gasteiger partial charge >= 0.3 is 6.01 Å². The van der Waals surface area contributed by atoms with Crippen LogP contribution in [0.5, 0.6) is 6.01 Å². The second-order valence-electron chi connectivity index (χ2n) is 4.11. The molecule has 2 aromatic rings. The summed E-state index contributed by atoms with van der Waals surface area (Å²) >= 11 is 0. The number of ether oxygens (including phenoxy) is 1. The third kappa shape index (κ3) is 3.55. The van der Waals surface area contributed by atoms with Gasteiger partial charge in [0, 0.05) is 5.69 Å². The summed E-state index contributed by atoms with van der Waals surface area (Å²) in [5.74, 6) is 5.79. The van der Waals surface area contributed by atoms with Crippen LogP contribution in [-0.2, 0) is 0 Å². The van der Waals surface area contributed by atoms with Crippen LogP contribution in [-0.4, -0.2) is 21.6 Å². The summed E-state index contributed by atoms with van der Waals surface area (Å²) in [5.41, 5.74) is 4.58. The summed E-state index contributed by atoms with van der Waals surface area (Å²) in [5, 5.41) is 12.0. The number of nitrogens with zero attached hydrogens (tertiary/aromatic N) is 4. The number of nitrogen functional groups attached to an aromatic ring is 1. The van der Waals surface area contributed by atoms with E-state index in [-0.39, 0.29) is 17.9 Å². The topological polar surface area (TPSA) is 122 Å². The Bertz CT molecular complexity index is 681. The van der Waals surface area contributed by atoms with E-state index in [4.69, 9.17) is 15.8 Å². The lowest BCUT2D eigenvalue weighted by Gasteiger charge is -2.10. The van der Waals surface area contributed by atoms with Gasteiger partial charge in [-0.3, -0.25) is 5.43 Å². The first kappa shape index (κ1) is 14.5. The molecule has 0 saturated heterocycles. The van der Waals surface area contributed by atoms with Gasteiger partial charge < -0.3 is 10.1 Å². The van der Waals surface area contributed by atoms with Crippen molar-refractivity contribution >= 4 is 17.6 Å². The zero-order valence-electron chi connectivity index (χ0n) is 11.7. The highest BCUT2D eigenvalue weighted by atomic mass is 16.5. The zero-order valence-corrected chi connectivity index (χ0v) is 11.7. The highest BCUT2D eigenvalue weighted by Crippen LogP contribution is 2.21. The van der Waals surface area contributed by atoms with E-state index in [0.29, 0.717) is 12.2 Å². The molecule has 0 spiro atoms. The maximum absolute atomic E-state index is 8.95. The second kappa shape index (κ2) is 6.49. The molecule has 0 aliphatic heterocycles. The molecule has 108 valence electrons. The average molecular weight is 285 g/mol. The molecule has 1 aromatic carbocycles. The maximum Gasteiger partial charge on any atom is 0.323 e. The van der Waals surface area contributed by atoms with Crippen molar-refractivity contribution < 1.29 is 4.74 Å². The molecule has 4 N–H and O–H groups in total. The lowest BCUT2D eigenvalue weighted by atomic mass is 10.1. The summed E-state index contributed by atoms with van der Waals surface area (Å²) in [6.07, 6.45) is 0. The summed E-state index contributed by atoms with van der Waals surface area (Å²) in [6, 6.07) is 7.55. The van der Waals surface area contributed by atoms with Crippen molar-refractivity contribution in [2.75, 3.05) is 17.3 Å². The molecule has 0 radical (unpaired) electrons. The highest BCUT2D eigenvalue weighted by molar-refractivity contribution is 5.61. The number of nitriles is 1. The number of aromatic nitrogens is 3. The molecule has 1 heterocycles. The number of hydrogen-bond donors (Lipinski definition) is 3. The lowest BCUT2D eigenvalue weighted by Crippen LogP contribution is -2.13. The van der Waals surface area contributed by atoms with Crippen LogP contribution in [0.4, 0.5) is 17.6 Å². The molecule has 8 heteroatoms. The van der Waals surface area contributed by atoms with E-state index in [1.54, 1.807) is 12.1 Å². The summed E-state index contributed by atoms with van der Waals surface area (Å²) in [6.45, 7) is 4.17. The largest absolute Gasteiger partial charge is 0.464 e. The Morgan fingerprint density at radius 2 is 2.05 bits per heavy atom. The van der Waals surface area contributed by atoms with Gasteiger partial charge in [0.2, 0.25) is 11.9 Å². The number of hydrogen-bond acceptors (Lipinski definition) is 8. The first-order valence-electron chi connectivity index (χ1n) is 6.29. The van der Waals surface area contributed by atoms with E-state index < -0.39 is 0 Å². The van der Waals surface area contributed by atoms with Gasteiger partial charge in [0.25, 0.3) is 0 Å². The van der Waals surface area contributed by atoms with E-state index in [9.17, 15) is 0 Å². The summed E-state index contributed by atoms with van der Waals surface area (Å²) in [7, 11) is 0. The molecule has 0 aliphatic carbocycles. The number of nitrogens with two attached hydrogens (primary N) is 1. The van der Waals surface area contributed by atoms with Crippen molar-refractivity contribution in [2.24, 2.45) is 5.84 Å². The Morgan fingerprint density at radius 1 is 1.29 bits per heavy atom. The minimum atomic E-state index is 0.164. The van der Waals surface area contributed by atoms with Crippen molar-refractivity contribution in [1.82, 2.24) is 15.0 Å². The van der Waals surface area contributed by atoms with Crippen molar-refractivity contribution in [3.8, 4) is 12.1 Å². The monoisotopic (exact) mass is 285 g/mol. The number of nitrogens with one attached hydrogen (secondary N) is 2. The number of hydrazine groups is 1. The third-order valence-corrected chi connectivity index (χ3v) is 2.63. The normalized spacial score (nSPS) is 9.81. The molecule has 21 heavy (non-hydrogen) atoms. The molecule has 0 atom stereocenters. The molecular formula is C13H15N7O. The smallest absolute Gasteiger partial charge is 0.323 e. The average Bonchev–Trinajstić information content (AvgIpc) is 2.49. The number of aryl methyl sites for hydroxylation is 1. The van der Waals surface area contributed by atoms with Crippen molar-refractivity contribution in [2.45, 2.75) is 13.8 Å². The Hall–Kier alpha value is -2.92.